The summed E-state index contributed by atoms with van der Waals surface area (Å²) in [6, 6.07) is 20.4. The van der Waals surface area contributed by atoms with Crippen LogP contribution in [0.2, 0.25) is 0 Å². The minimum absolute atomic E-state index is 0.0895. The van der Waals surface area contributed by atoms with Crippen molar-refractivity contribution in [3.05, 3.63) is 78.5 Å². The van der Waals surface area contributed by atoms with Gasteiger partial charge in [-0.25, -0.2) is 4.98 Å². The van der Waals surface area contributed by atoms with Crippen LogP contribution >= 0.6 is 0 Å². The Kier molecular flexibility index (Phi) is 5.49. The predicted molar refractivity (Wildman–Crippen MR) is 104 cm³/mol. The van der Waals surface area contributed by atoms with Gasteiger partial charge in [-0.2, -0.15) is 0 Å². The molecule has 0 radical (unpaired) electrons. The Morgan fingerprint density at radius 1 is 0.962 bits per heavy atom. The Morgan fingerprint density at radius 2 is 1.69 bits per heavy atom. The van der Waals surface area contributed by atoms with Crippen LogP contribution in [-0.2, 0) is 0 Å². The molecule has 0 saturated carbocycles. The molecule has 0 spiro atoms. The number of hydrogen-bond acceptors (Lipinski definition) is 4. The van der Waals surface area contributed by atoms with E-state index in [1.54, 1.807) is 24.4 Å². The average Bonchev–Trinajstić information content (AvgIpc) is 2.65. The molecule has 1 heterocycles. The summed E-state index contributed by atoms with van der Waals surface area (Å²) < 4.78 is 5.80. The number of carbonyl (C=O) groups excluding carboxylic acids is 1. The molecule has 3 rings (SSSR count). The lowest BCUT2D eigenvalue weighted by molar-refractivity contribution is 0.102. The summed E-state index contributed by atoms with van der Waals surface area (Å²) in [6.07, 6.45) is 1.76. The van der Waals surface area contributed by atoms with Crippen LogP contribution in [0.4, 0.5) is 17.2 Å². The van der Waals surface area contributed by atoms with Crippen molar-refractivity contribution < 1.29 is 9.53 Å². The molecule has 0 fully saturated rings. The number of benzene rings is 2. The molecule has 1 aromatic heterocycles. The van der Waals surface area contributed by atoms with Crippen molar-refractivity contribution >= 4 is 23.1 Å². The number of ether oxygens (including phenoxy) is 1. The van der Waals surface area contributed by atoms with Gasteiger partial charge in [0.25, 0.3) is 5.91 Å². The van der Waals surface area contributed by atoms with E-state index < -0.39 is 0 Å². The van der Waals surface area contributed by atoms with Gasteiger partial charge in [-0.05, 0) is 50.2 Å². The van der Waals surface area contributed by atoms with Crippen molar-refractivity contribution in [3.8, 4) is 5.75 Å². The van der Waals surface area contributed by atoms with E-state index in [1.807, 2.05) is 62.4 Å². The molecule has 1 amide bonds. The Morgan fingerprint density at radius 3 is 2.38 bits per heavy atom. The monoisotopic (exact) mass is 347 g/mol. The number of nitrogens with one attached hydrogen (secondary N) is 2. The zero-order chi connectivity index (χ0) is 18.4. The second-order valence-corrected chi connectivity index (χ2v) is 6.04. The second kappa shape index (κ2) is 8.16. The molecule has 0 atom stereocenters. The highest BCUT2D eigenvalue weighted by atomic mass is 16.5. The summed E-state index contributed by atoms with van der Waals surface area (Å²) in [7, 11) is 0. The number of pyridine rings is 1. The molecule has 0 aliphatic heterocycles. The summed E-state index contributed by atoms with van der Waals surface area (Å²) in [5, 5.41) is 6.07. The van der Waals surface area contributed by atoms with Gasteiger partial charge in [-0.15, -0.1) is 0 Å². The maximum Gasteiger partial charge on any atom is 0.256 e. The number of carbonyl (C=O) groups is 1. The maximum absolute atomic E-state index is 12.2. The van der Waals surface area contributed by atoms with Crippen LogP contribution in [0, 0.1) is 0 Å². The predicted octanol–water partition coefficient (Wildman–Crippen LogP) is 4.86. The summed E-state index contributed by atoms with van der Waals surface area (Å²) >= 11 is 0. The molecule has 2 aromatic carbocycles. The zero-order valence-corrected chi connectivity index (χ0v) is 14.8. The summed E-state index contributed by atoms with van der Waals surface area (Å²) in [6.45, 7) is 3.98. The molecular weight excluding hydrogens is 326 g/mol. The molecule has 0 aliphatic carbocycles. The van der Waals surface area contributed by atoms with Gasteiger partial charge in [0.1, 0.15) is 11.6 Å². The lowest BCUT2D eigenvalue weighted by Crippen LogP contribution is -2.12. The Bertz CT molecular complexity index is 862. The SMILES string of the molecule is CC(C)Oc1ccccc1Nc1ccc(NC(=O)c2ccccc2)nc1. The fourth-order valence-electron chi connectivity index (χ4n) is 2.40. The molecule has 2 N–H and O–H groups in total. The first kappa shape index (κ1) is 17.5. The van der Waals surface area contributed by atoms with Crippen molar-refractivity contribution in [1.82, 2.24) is 4.98 Å². The van der Waals surface area contributed by atoms with Gasteiger partial charge >= 0.3 is 0 Å². The minimum Gasteiger partial charge on any atom is -0.489 e. The molecular formula is C21H21N3O2. The van der Waals surface area contributed by atoms with Gasteiger partial charge < -0.3 is 15.4 Å². The van der Waals surface area contributed by atoms with Crippen LogP contribution in [0.25, 0.3) is 0 Å². The third kappa shape index (κ3) is 4.60. The second-order valence-electron chi connectivity index (χ2n) is 6.04. The number of aromatic nitrogens is 1. The number of hydrogen-bond donors (Lipinski definition) is 2. The van der Waals surface area contributed by atoms with Crippen molar-refractivity contribution in [2.45, 2.75) is 20.0 Å². The molecule has 0 aliphatic rings. The first-order valence-corrected chi connectivity index (χ1v) is 8.47. The van der Waals surface area contributed by atoms with Crippen LogP contribution < -0.4 is 15.4 Å². The van der Waals surface area contributed by atoms with E-state index in [2.05, 4.69) is 15.6 Å². The van der Waals surface area contributed by atoms with Crippen LogP contribution in [0.15, 0.2) is 72.9 Å². The first-order valence-electron chi connectivity index (χ1n) is 8.47. The van der Waals surface area contributed by atoms with E-state index in [0.717, 1.165) is 17.1 Å². The molecule has 0 saturated heterocycles. The Hall–Kier alpha value is -3.34. The number of rotatable bonds is 6. The van der Waals surface area contributed by atoms with Crippen LogP contribution in [0.3, 0.4) is 0 Å². The van der Waals surface area contributed by atoms with E-state index in [9.17, 15) is 4.79 Å². The van der Waals surface area contributed by atoms with Crippen LogP contribution in [0.1, 0.15) is 24.2 Å². The van der Waals surface area contributed by atoms with E-state index in [1.165, 1.54) is 0 Å². The van der Waals surface area contributed by atoms with Gasteiger partial charge in [0.15, 0.2) is 0 Å². The molecule has 0 bridgehead atoms. The Balaban J connectivity index is 1.68. The van der Waals surface area contributed by atoms with Crippen molar-refractivity contribution in [3.63, 3.8) is 0 Å². The van der Waals surface area contributed by atoms with E-state index in [-0.39, 0.29) is 12.0 Å². The quantitative estimate of drug-likeness (QED) is 0.668. The standard InChI is InChI=1S/C21H21N3O2/c1-15(2)26-19-11-7-6-10-18(19)23-17-12-13-20(22-14-17)24-21(25)16-8-4-3-5-9-16/h3-15,23H,1-2H3,(H,22,24,25). The fourth-order valence-corrected chi connectivity index (χ4v) is 2.40. The summed E-state index contributed by atoms with van der Waals surface area (Å²) in [5.41, 5.74) is 2.27. The van der Waals surface area contributed by atoms with Gasteiger partial charge in [0, 0.05) is 5.56 Å². The third-order valence-corrected chi connectivity index (χ3v) is 3.57. The summed E-state index contributed by atoms with van der Waals surface area (Å²) in [5.74, 6) is 1.09. The first-order chi connectivity index (χ1) is 12.6. The Labute approximate surface area is 153 Å². The highest BCUT2D eigenvalue weighted by Gasteiger charge is 2.08. The normalized spacial score (nSPS) is 10.4. The highest BCUT2D eigenvalue weighted by molar-refractivity contribution is 6.03. The van der Waals surface area contributed by atoms with Gasteiger partial charge in [0.05, 0.1) is 23.7 Å². The zero-order valence-electron chi connectivity index (χ0n) is 14.8. The molecule has 3 aromatic rings. The minimum atomic E-state index is -0.186. The largest absolute Gasteiger partial charge is 0.489 e. The molecule has 5 nitrogen and oxygen atoms in total. The van der Waals surface area contributed by atoms with Crippen molar-refractivity contribution in [2.24, 2.45) is 0 Å². The molecule has 26 heavy (non-hydrogen) atoms. The number of amides is 1. The van der Waals surface area contributed by atoms with E-state index in [0.29, 0.717) is 11.4 Å². The fraction of sp³-hybridized carbons (Fsp3) is 0.143. The lowest BCUT2D eigenvalue weighted by Gasteiger charge is -2.15. The molecule has 132 valence electrons. The number of para-hydroxylation sites is 2. The van der Waals surface area contributed by atoms with Crippen molar-refractivity contribution in [2.75, 3.05) is 10.6 Å². The third-order valence-electron chi connectivity index (χ3n) is 3.57. The highest BCUT2D eigenvalue weighted by Crippen LogP contribution is 2.28. The van der Waals surface area contributed by atoms with E-state index in [4.69, 9.17) is 4.74 Å². The maximum atomic E-state index is 12.2. The van der Waals surface area contributed by atoms with Crippen LogP contribution in [0.5, 0.6) is 5.75 Å². The molecule has 5 heteroatoms. The molecule has 0 unspecified atom stereocenters. The van der Waals surface area contributed by atoms with Gasteiger partial charge in [-0.3, -0.25) is 4.79 Å². The number of anilines is 3. The van der Waals surface area contributed by atoms with Gasteiger partial charge in [0.2, 0.25) is 0 Å². The summed E-state index contributed by atoms with van der Waals surface area (Å²) in [4.78, 5) is 16.4. The lowest BCUT2D eigenvalue weighted by atomic mass is 10.2. The van der Waals surface area contributed by atoms with Crippen molar-refractivity contribution in [1.29, 1.82) is 0 Å². The topological polar surface area (TPSA) is 63.2 Å². The average molecular weight is 347 g/mol. The smallest absolute Gasteiger partial charge is 0.256 e. The van der Waals surface area contributed by atoms with E-state index >= 15 is 0 Å². The number of nitrogens with zero attached hydrogens (tertiary/aromatic N) is 1. The van der Waals surface area contributed by atoms with Gasteiger partial charge in [-0.1, -0.05) is 30.3 Å². The van der Waals surface area contributed by atoms with Crippen LogP contribution in [-0.4, -0.2) is 17.0 Å².